The lowest BCUT2D eigenvalue weighted by Crippen LogP contribution is -2.37. The molecule has 1 N–H and O–H groups in total. The Morgan fingerprint density at radius 1 is 1.37 bits per heavy atom. The van der Waals surface area contributed by atoms with E-state index in [0.717, 1.165) is 5.56 Å². The largest absolute Gasteiger partial charge is 0.481 e. The van der Waals surface area contributed by atoms with Crippen LogP contribution in [0, 0.1) is 12.8 Å². The zero-order valence-electron chi connectivity index (χ0n) is 11.3. The molecule has 1 rings (SSSR count). The van der Waals surface area contributed by atoms with Gasteiger partial charge < -0.3 is 10.0 Å². The summed E-state index contributed by atoms with van der Waals surface area (Å²) in [7, 11) is 0. The first-order valence-electron chi connectivity index (χ1n) is 6.15. The van der Waals surface area contributed by atoms with Crippen molar-refractivity contribution in [3.63, 3.8) is 0 Å². The van der Waals surface area contributed by atoms with Crippen LogP contribution in [0.2, 0.25) is 0 Å². The number of amides is 1. The molecule has 19 heavy (non-hydrogen) atoms. The van der Waals surface area contributed by atoms with Crippen LogP contribution in [0.1, 0.15) is 22.8 Å². The summed E-state index contributed by atoms with van der Waals surface area (Å²) in [5, 5.41) is 8.92. The molecule has 1 unspecified atom stereocenters. The highest BCUT2D eigenvalue weighted by molar-refractivity contribution is 5.94. The third kappa shape index (κ3) is 4.25. The molecule has 0 saturated carbocycles. The summed E-state index contributed by atoms with van der Waals surface area (Å²) >= 11 is 0. The molecular weight excluding hydrogens is 242 g/mol. The molecule has 0 aliphatic carbocycles. The van der Waals surface area contributed by atoms with Gasteiger partial charge in [-0.15, -0.1) is 6.58 Å². The summed E-state index contributed by atoms with van der Waals surface area (Å²) in [5.74, 6) is -1.69. The molecule has 1 aromatic rings. The van der Waals surface area contributed by atoms with Crippen LogP contribution in [-0.2, 0) is 4.79 Å². The lowest BCUT2D eigenvalue weighted by molar-refractivity contribution is -0.141. The molecule has 0 radical (unpaired) electrons. The minimum atomic E-state index is -0.911. The quantitative estimate of drug-likeness (QED) is 0.800. The van der Waals surface area contributed by atoms with Crippen molar-refractivity contribution >= 4 is 11.9 Å². The van der Waals surface area contributed by atoms with Gasteiger partial charge in [-0.25, -0.2) is 0 Å². The van der Waals surface area contributed by atoms with E-state index in [1.54, 1.807) is 25.1 Å². The van der Waals surface area contributed by atoms with Crippen molar-refractivity contribution in [2.24, 2.45) is 5.92 Å². The van der Waals surface area contributed by atoms with E-state index in [1.807, 2.05) is 19.1 Å². The SMILES string of the molecule is C=CCN(CC(C)C(=O)O)C(=O)c1ccc(C)cc1. The zero-order chi connectivity index (χ0) is 14.4. The Kier molecular flexibility index (Phi) is 5.30. The summed E-state index contributed by atoms with van der Waals surface area (Å²) in [4.78, 5) is 24.7. The number of carboxylic acid groups (broad SMARTS) is 1. The van der Waals surface area contributed by atoms with Gasteiger partial charge in [0.25, 0.3) is 5.91 Å². The monoisotopic (exact) mass is 261 g/mol. The van der Waals surface area contributed by atoms with E-state index in [2.05, 4.69) is 6.58 Å². The number of benzene rings is 1. The molecule has 4 nitrogen and oxygen atoms in total. The van der Waals surface area contributed by atoms with E-state index in [1.165, 1.54) is 4.90 Å². The van der Waals surface area contributed by atoms with Crippen molar-refractivity contribution in [1.82, 2.24) is 4.90 Å². The van der Waals surface area contributed by atoms with E-state index in [-0.39, 0.29) is 12.5 Å². The number of aryl methyl sites for hydroxylation is 1. The van der Waals surface area contributed by atoms with Crippen LogP contribution in [0.3, 0.4) is 0 Å². The fourth-order valence-electron chi connectivity index (χ4n) is 1.68. The van der Waals surface area contributed by atoms with Gasteiger partial charge in [0.2, 0.25) is 0 Å². The highest BCUT2D eigenvalue weighted by Gasteiger charge is 2.20. The maximum Gasteiger partial charge on any atom is 0.308 e. The Bertz CT molecular complexity index is 465. The van der Waals surface area contributed by atoms with Gasteiger partial charge in [0.1, 0.15) is 0 Å². The van der Waals surface area contributed by atoms with Crippen LogP contribution in [0.25, 0.3) is 0 Å². The Balaban J connectivity index is 2.86. The smallest absolute Gasteiger partial charge is 0.308 e. The topological polar surface area (TPSA) is 57.6 Å². The minimum Gasteiger partial charge on any atom is -0.481 e. The Morgan fingerprint density at radius 3 is 2.42 bits per heavy atom. The third-order valence-corrected chi connectivity index (χ3v) is 2.85. The summed E-state index contributed by atoms with van der Waals surface area (Å²) in [6.45, 7) is 7.64. The maximum atomic E-state index is 12.3. The fourth-order valence-corrected chi connectivity index (χ4v) is 1.68. The molecule has 1 atom stereocenters. The Morgan fingerprint density at radius 2 is 1.95 bits per heavy atom. The van der Waals surface area contributed by atoms with Crippen molar-refractivity contribution in [3.05, 3.63) is 48.0 Å². The maximum absolute atomic E-state index is 12.3. The molecule has 1 amide bonds. The van der Waals surface area contributed by atoms with Crippen molar-refractivity contribution in [2.75, 3.05) is 13.1 Å². The van der Waals surface area contributed by atoms with E-state index in [0.29, 0.717) is 12.1 Å². The summed E-state index contributed by atoms with van der Waals surface area (Å²) < 4.78 is 0. The van der Waals surface area contributed by atoms with Gasteiger partial charge in [-0.3, -0.25) is 9.59 Å². The average Bonchev–Trinajstić information content (AvgIpc) is 2.38. The van der Waals surface area contributed by atoms with Crippen LogP contribution in [0.5, 0.6) is 0 Å². The number of carboxylic acids is 1. The lowest BCUT2D eigenvalue weighted by atomic mass is 10.1. The molecule has 0 aliphatic rings. The van der Waals surface area contributed by atoms with E-state index in [9.17, 15) is 9.59 Å². The average molecular weight is 261 g/mol. The molecule has 0 fully saturated rings. The molecular formula is C15H19NO3. The van der Waals surface area contributed by atoms with Gasteiger partial charge in [-0.05, 0) is 19.1 Å². The number of carbonyl (C=O) groups excluding carboxylic acids is 1. The van der Waals surface area contributed by atoms with Crippen molar-refractivity contribution in [2.45, 2.75) is 13.8 Å². The second kappa shape index (κ2) is 6.73. The highest BCUT2D eigenvalue weighted by Crippen LogP contribution is 2.09. The van der Waals surface area contributed by atoms with Gasteiger partial charge in [0.05, 0.1) is 5.92 Å². The summed E-state index contributed by atoms with van der Waals surface area (Å²) in [6, 6.07) is 7.22. The number of carbonyl (C=O) groups is 2. The highest BCUT2D eigenvalue weighted by atomic mass is 16.4. The van der Waals surface area contributed by atoms with Gasteiger partial charge in [-0.2, -0.15) is 0 Å². The minimum absolute atomic E-state index is 0.173. The number of hydrogen-bond acceptors (Lipinski definition) is 2. The van der Waals surface area contributed by atoms with Crippen molar-refractivity contribution in [3.8, 4) is 0 Å². The number of nitrogens with zero attached hydrogens (tertiary/aromatic N) is 1. The number of aliphatic carboxylic acids is 1. The Labute approximate surface area is 113 Å². The van der Waals surface area contributed by atoms with Crippen LogP contribution >= 0.6 is 0 Å². The standard InChI is InChI=1S/C15H19NO3/c1-4-9-16(10-12(3)15(18)19)14(17)13-7-5-11(2)6-8-13/h4-8,12H,1,9-10H2,2-3H3,(H,18,19). The third-order valence-electron chi connectivity index (χ3n) is 2.85. The molecule has 0 bridgehead atoms. The lowest BCUT2D eigenvalue weighted by Gasteiger charge is -2.23. The summed E-state index contributed by atoms with van der Waals surface area (Å²) in [5.41, 5.74) is 1.63. The van der Waals surface area contributed by atoms with Crippen molar-refractivity contribution < 1.29 is 14.7 Å². The molecule has 0 spiro atoms. The van der Waals surface area contributed by atoms with Crippen LogP contribution in [0.15, 0.2) is 36.9 Å². The Hall–Kier alpha value is -2.10. The zero-order valence-corrected chi connectivity index (χ0v) is 11.3. The number of rotatable bonds is 6. The van der Waals surface area contributed by atoms with Gasteiger partial charge in [-0.1, -0.05) is 30.7 Å². The molecule has 0 aromatic heterocycles. The molecule has 1 aromatic carbocycles. The van der Waals surface area contributed by atoms with Crippen molar-refractivity contribution in [1.29, 1.82) is 0 Å². The molecule has 0 saturated heterocycles. The summed E-state index contributed by atoms with van der Waals surface area (Å²) in [6.07, 6.45) is 1.60. The normalized spacial score (nSPS) is 11.7. The molecule has 0 aliphatic heterocycles. The van der Waals surface area contributed by atoms with Gasteiger partial charge in [0, 0.05) is 18.7 Å². The predicted molar refractivity (Wildman–Crippen MR) is 74.1 cm³/mol. The van der Waals surface area contributed by atoms with Gasteiger partial charge >= 0.3 is 5.97 Å². The molecule has 102 valence electrons. The molecule has 0 heterocycles. The predicted octanol–water partition coefficient (Wildman–Crippen LogP) is 2.34. The van der Waals surface area contributed by atoms with Crippen LogP contribution in [0.4, 0.5) is 0 Å². The fraction of sp³-hybridized carbons (Fsp3) is 0.333. The van der Waals surface area contributed by atoms with E-state index < -0.39 is 11.9 Å². The van der Waals surface area contributed by atoms with E-state index in [4.69, 9.17) is 5.11 Å². The number of hydrogen-bond donors (Lipinski definition) is 1. The second-order valence-electron chi connectivity index (χ2n) is 4.60. The molecule has 4 heteroatoms. The first-order valence-corrected chi connectivity index (χ1v) is 6.15. The van der Waals surface area contributed by atoms with Crippen LogP contribution < -0.4 is 0 Å². The second-order valence-corrected chi connectivity index (χ2v) is 4.60. The first-order chi connectivity index (χ1) is 8.95. The van der Waals surface area contributed by atoms with E-state index >= 15 is 0 Å². The first kappa shape index (κ1) is 15.0. The van der Waals surface area contributed by atoms with Gasteiger partial charge in [0.15, 0.2) is 0 Å². The van der Waals surface area contributed by atoms with Crippen LogP contribution in [-0.4, -0.2) is 35.0 Å².